The van der Waals surface area contributed by atoms with E-state index >= 15 is 0 Å². The molecule has 1 aliphatic rings. The van der Waals surface area contributed by atoms with E-state index in [-0.39, 0.29) is 0 Å². The van der Waals surface area contributed by atoms with Crippen LogP contribution in [0.3, 0.4) is 0 Å². The lowest BCUT2D eigenvalue weighted by atomic mass is 10.1. The molecule has 0 saturated carbocycles. The minimum Gasteiger partial charge on any atom is -0.378 e. The molecule has 1 fully saturated rings. The number of benzene rings is 1. The molecule has 0 aliphatic carbocycles. The van der Waals surface area contributed by atoms with Crippen LogP contribution in [-0.2, 0) is 11.8 Å². The van der Waals surface area contributed by atoms with Gasteiger partial charge in [-0.15, -0.1) is 5.10 Å². The van der Waals surface area contributed by atoms with E-state index in [2.05, 4.69) is 30.4 Å². The van der Waals surface area contributed by atoms with Gasteiger partial charge in [-0.3, -0.25) is 4.68 Å². The summed E-state index contributed by atoms with van der Waals surface area (Å²) in [5, 5.41) is 12.7. The third-order valence-corrected chi connectivity index (χ3v) is 5.35. The van der Waals surface area contributed by atoms with Crippen LogP contribution in [0.25, 0.3) is 16.8 Å². The van der Waals surface area contributed by atoms with Gasteiger partial charge in [-0.05, 0) is 30.3 Å². The fourth-order valence-corrected chi connectivity index (χ4v) is 3.63. The molecule has 0 radical (unpaired) electrons. The Kier molecular flexibility index (Phi) is 5.27. The topological polar surface area (TPSA) is 85.9 Å². The molecule has 3 aromatic heterocycles. The molecule has 9 nitrogen and oxygen atoms in total. The van der Waals surface area contributed by atoms with Crippen LogP contribution in [-0.4, -0.2) is 55.8 Å². The van der Waals surface area contributed by atoms with Crippen molar-refractivity contribution in [2.75, 3.05) is 36.5 Å². The zero-order valence-electron chi connectivity index (χ0n) is 16.9. The molecule has 5 rings (SSSR count). The summed E-state index contributed by atoms with van der Waals surface area (Å²) in [5.74, 6) is 1.42. The lowest BCUT2D eigenvalue weighted by Crippen LogP contribution is -2.37. The second-order valence-electron chi connectivity index (χ2n) is 7.21. The molecule has 1 N–H and O–H groups in total. The van der Waals surface area contributed by atoms with Gasteiger partial charge in [0.1, 0.15) is 12.1 Å². The van der Waals surface area contributed by atoms with Crippen molar-refractivity contribution in [1.82, 2.24) is 29.5 Å². The maximum absolute atomic E-state index is 6.34. The number of rotatable bonds is 5. The normalized spacial score (nSPS) is 14.1. The Bertz CT molecular complexity index is 1180. The number of halogens is 1. The summed E-state index contributed by atoms with van der Waals surface area (Å²) in [7, 11) is 1.87. The molecule has 10 heteroatoms. The SMILES string of the molecule is Cn1cc(-c2cc(Nc3ccc(-n4cnc(N5CCOCC5)n4)cc3)ncc2Cl)cn1. The molecule has 4 heterocycles. The highest BCUT2D eigenvalue weighted by Gasteiger charge is 2.15. The molecule has 1 aromatic carbocycles. The van der Waals surface area contributed by atoms with Crippen LogP contribution >= 0.6 is 11.6 Å². The standard InChI is InChI=1S/C21H21ClN8O/c1-28-13-15(11-25-28)18-10-20(23-12-19(18)22)26-16-2-4-17(5-3-16)30-14-24-21(27-30)29-6-8-31-9-7-29/h2-5,10-14H,6-9H2,1H3,(H,23,26). The van der Waals surface area contributed by atoms with Crippen LogP contribution in [0.4, 0.5) is 17.5 Å². The molecule has 0 bridgehead atoms. The van der Waals surface area contributed by atoms with Gasteiger partial charge >= 0.3 is 0 Å². The summed E-state index contributed by atoms with van der Waals surface area (Å²) >= 11 is 6.34. The number of anilines is 3. The zero-order chi connectivity index (χ0) is 21.2. The monoisotopic (exact) mass is 436 g/mol. The molecule has 1 saturated heterocycles. The summed E-state index contributed by atoms with van der Waals surface area (Å²) in [6, 6.07) is 9.84. The van der Waals surface area contributed by atoms with Crippen LogP contribution in [0.2, 0.25) is 5.02 Å². The van der Waals surface area contributed by atoms with Crippen LogP contribution in [0.5, 0.6) is 0 Å². The van der Waals surface area contributed by atoms with Gasteiger partial charge in [0.2, 0.25) is 5.95 Å². The lowest BCUT2D eigenvalue weighted by Gasteiger charge is -2.25. The van der Waals surface area contributed by atoms with Gasteiger partial charge < -0.3 is 15.0 Å². The summed E-state index contributed by atoms with van der Waals surface area (Å²) in [6.45, 7) is 3.02. The zero-order valence-corrected chi connectivity index (χ0v) is 17.7. The van der Waals surface area contributed by atoms with Gasteiger partial charge in [-0.2, -0.15) is 10.1 Å². The molecule has 0 unspecified atom stereocenters. The maximum Gasteiger partial charge on any atom is 0.245 e. The molecular formula is C21H21ClN8O. The van der Waals surface area contributed by atoms with Gasteiger partial charge in [-0.1, -0.05) is 11.6 Å². The minimum atomic E-state index is 0.580. The van der Waals surface area contributed by atoms with Crippen molar-refractivity contribution < 1.29 is 4.74 Å². The Morgan fingerprint density at radius 3 is 2.61 bits per heavy atom. The van der Waals surface area contributed by atoms with E-state index in [9.17, 15) is 0 Å². The van der Waals surface area contributed by atoms with Crippen molar-refractivity contribution in [3.63, 3.8) is 0 Å². The van der Waals surface area contributed by atoms with E-state index in [1.807, 2.05) is 43.6 Å². The molecular weight excluding hydrogens is 416 g/mol. The van der Waals surface area contributed by atoms with Crippen molar-refractivity contribution >= 4 is 29.1 Å². The number of pyridine rings is 1. The van der Waals surface area contributed by atoms with Crippen molar-refractivity contribution in [3.05, 3.63) is 60.3 Å². The number of aromatic nitrogens is 6. The maximum atomic E-state index is 6.34. The average Bonchev–Trinajstić information content (AvgIpc) is 3.46. The molecule has 0 amide bonds. The Labute approximate surface area is 184 Å². The Morgan fingerprint density at radius 2 is 1.87 bits per heavy atom. The molecule has 4 aromatic rings. The van der Waals surface area contributed by atoms with Gasteiger partial charge in [-0.25, -0.2) is 9.67 Å². The number of hydrogen-bond acceptors (Lipinski definition) is 7. The summed E-state index contributed by atoms with van der Waals surface area (Å²) < 4.78 is 8.90. The van der Waals surface area contributed by atoms with Crippen LogP contribution in [0.1, 0.15) is 0 Å². The van der Waals surface area contributed by atoms with Crippen molar-refractivity contribution in [3.8, 4) is 16.8 Å². The lowest BCUT2D eigenvalue weighted by molar-refractivity contribution is 0.122. The highest BCUT2D eigenvalue weighted by atomic mass is 35.5. The fraction of sp³-hybridized carbons (Fsp3) is 0.238. The molecule has 0 spiro atoms. The summed E-state index contributed by atoms with van der Waals surface area (Å²) in [6.07, 6.45) is 7.07. The smallest absolute Gasteiger partial charge is 0.245 e. The number of nitrogens with one attached hydrogen (secondary N) is 1. The third kappa shape index (κ3) is 4.23. The largest absolute Gasteiger partial charge is 0.378 e. The number of aryl methyl sites for hydroxylation is 1. The van der Waals surface area contributed by atoms with Gasteiger partial charge in [0.25, 0.3) is 0 Å². The van der Waals surface area contributed by atoms with E-state index in [1.54, 1.807) is 28.1 Å². The highest BCUT2D eigenvalue weighted by Crippen LogP contribution is 2.30. The first-order valence-corrected chi connectivity index (χ1v) is 10.3. The average molecular weight is 437 g/mol. The van der Waals surface area contributed by atoms with E-state index in [1.165, 1.54) is 0 Å². The van der Waals surface area contributed by atoms with Gasteiger partial charge in [0, 0.05) is 49.3 Å². The Hall–Kier alpha value is -3.43. The quantitative estimate of drug-likeness (QED) is 0.513. The van der Waals surface area contributed by atoms with Crippen LogP contribution < -0.4 is 10.2 Å². The second kappa shape index (κ2) is 8.37. The summed E-state index contributed by atoms with van der Waals surface area (Å²) in [4.78, 5) is 10.9. The predicted octanol–water partition coefficient (Wildman–Crippen LogP) is 3.30. The molecule has 1 aliphatic heterocycles. The minimum absolute atomic E-state index is 0.580. The first kappa shape index (κ1) is 19.5. The summed E-state index contributed by atoms with van der Waals surface area (Å²) in [5.41, 5.74) is 3.65. The van der Waals surface area contributed by atoms with Crippen molar-refractivity contribution in [1.29, 1.82) is 0 Å². The number of morpholine rings is 1. The highest BCUT2D eigenvalue weighted by molar-refractivity contribution is 6.33. The van der Waals surface area contributed by atoms with Crippen LogP contribution in [0.15, 0.2) is 55.2 Å². The number of hydrogen-bond donors (Lipinski definition) is 1. The van der Waals surface area contributed by atoms with E-state index in [4.69, 9.17) is 16.3 Å². The molecule has 31 heavy (non-hydrogen) atoms. The van der Waals surface area contributed by atoms with Crippen molar-refractivity contribution in [2.24, 2.45) is 7.05 Å². The number of nitrogens with zero attached hydrogens (tertiary/aromatic N) is 7. The van der Waals surface area contributed by atoms with Gasteiger partial charge in [0.15, 0.2) is 0 Å². The van der Waals surface area contributed by atoms with Crippen molar-refractivity contribution in [2.45, 2.75) is 0 Å². The Balaban J connectivity index is 1.31. The molecule has 158 valence electrons. The fourth-order valence-electron chi connectivity index (χ4n) is 3.42. The van der Waals surface area contributed by atoms with Gasteiger partial charge in [0.05, 0.1) is 30.1 Å². The second-order valence-corrected chi connectivity index (χ2v) is 7.62. The number of ether oxygens (including phenoxy) is 1. The predicted molar refractivity (Wildman–Crippen MR) is 119 cm³/mol. The van der Waals surface area contributed by atoms with E-state index < -0.39 is 0 Å². The third-order valence-electron chi connectivity index (χ3n) is 5.05. The first-order chi connectivity index (χ1) is 15.2. The Morgan fingerprint density at radius 1 is 1.06 bits per heavy atom. The van der Waals surface area contributed by atoms with Crippen LogP contribution in [0, 0.1) is 0 Å². The first-order valence-electron chi connectivity index (χ1n) is 9.92. The molecule has 0 atom stereocenters. The van der Waals surface area contributed by atoms with E-state index in [0.29, 0.717) is 24.1 Å². The van der Waals surface area contributed by atoms with E-state index in [0.717, 1.165) is 41.5 Å².